The molecular weight excluding hydrogens is 424 g/mol. The molecule has 0 spiro atoms. The Morgan fingerprint density at radius 2 is 1.96 bits per heavy atom. The number of hydrogen-bond donors (Lipinski definition) is 1. The summed E-state index contributed by atoms with van der Waals surface area (Å²) < 4.78 is 17.5. The summed E-state index contributed by atoms with van der Waals surface area (Å²) in [6, 6.07) is 6.46. The summed E-state index contributed by atoms with van der Waals surface area (Å²) in [6.07, 6.45) is 2.01. The van der Waals surface area contributed by atoms with Crippen LogP contribution in [0.25, 0.3) is 0 Å². The predicted molar refractivity (Wildman–Crippen MR) is 105 cm³/mol. The Labute approximate surface area is 160 Å². The smallest absolute Gasteiger partial charge is 0.305 e. The second-order valence-electron chi connectivity index (χ2n) is 5.25. The Bertz CT molecular complexity index is 509. The van der Waals surface area contributed by atoms with Crippen LogP contribution in [-0.2, 0) is 16.1 Å². The highest BCUT2D eigenvalue weighted by atomic mass is 127. The van der Waals surface area contributed by atoms with Gasteiger partial charge in [-0.15, -0.1) is 24.0 Å². The van der Waals surface area contributed by atoms with Crippen LogP contribution in [0.2, 0.25) is 0 Å². The zero-order chi connectivity index (χ0) is 17.1. The molecule has 0 aromatic heterocycles. The van der Waals surface area contributed by atoms with Gasteiger partial charge in [0.1, 0.15) is 5.82 Å². The summed E-state index contributed by atoms with van der Waals surface area (Å²) in [5.74, 6) is 0.381. The van der Waals surface area contributed by atoms with Gasteiger partial charge >= 0.3 is 5.97 Å². The highest BCUT2D eigenvalue weighted by molar-refractivity contribution is 14.0. The largest absolute Gasteiger partial charge is 0.469 e. The second kappa shape index (κ2) is 13.0. The fraction of sp³-hybridized carbons (Fsp3) is 0.529. The van der Waals surface area contributed by atoms with E-state index in [0.29, 0.717) is 19.5 Å². The van der Waals surface area contributed by atoms with E-state index in [4.69, 9.17) is 0 Å². The summed E-state index contributed by atoms with van der Waals surface area (Å²) in [4.78, 5) is 17.6. The van der Waals surface area contributed by atoms with E-state index in [2.05, 4.69) is 15.0 Å². The molecule has 0 unspecified atom stereocenters. The Balaban J connectivity index is 0.00000529. The van der Waals surface area contributed by atoms with Crippen LogP contribution in [0.1, 0.15) is 31.7 Å². The number of nitrogens with zero attached hydrogens (tertiary/aromatic N) is 2. The summed E-state index contributed by atoms with van der Waals surface area (Å²) in [5.41, 5.74) is 1.02. The minimum absolute atomic E-state index is 0. The molecule has 0 aliphatic heterocycles. The minimum Gasteiger partial charge on any atom is -0.469 e. The average molecular weight is 451 g/mol. The molecule has 7 heteroatoms. The Kier molecular flexibility index (Phi) is 12.2. The van der Waals surface area contributed by atoms with Gasteiger partial charge in [0, 0.05) is 33.1 Å². The molecule has 0 radical (unpaired) electrons. The van der Waals surface area contributed by atoms with Gasteiger partial charge in [-0.1, -0.05) is 12.1 Å². The van der Waals surface area contributed by atoms with E-state index >= 15 is 0 Å². The standard InChI is InChI=1S/C17H26FN3O2.HI/c1-4-19-17(20-12-6-5-7-16(22)23-3)21(2)13-14-8-10-15(18)11-9-14;/h8-11H,4-7,12-13H2,1-3H3,(H,19,20);1H. The number of hydrogen-bond acceptors (Lipinski definition) is 3. The van der Waals surface area contributed by atoms with Crippen molar-refractivity contribution in [1.82, 2.24) is 10.2 Å². The first-order valence-electron chi connectivity index (χ1n) is 7.87. The van der Waals surface area contributed by atoms with Crippen LogP contribution in [0.5, 0.6) is 0 Å². The lowest BCUT2D eigenvalue weighted by atomic mass is 10.2. The number of unbranched alkanes of at least 4 members (excludes halogenated alkanes) is 1. The molecule has 0 atom stereocenters. The van der Waals surface area contributed by atoms with Crippen molar-refractivity contribution in [2.45, 2.75) is 32.7 Å². The number of aliphatic imine (C=N–C) groups is 1. The molecule has 0 fully saturated rings. The van der Waals surface area contributed by atoms with Crippen molar-refractivity contribution < 1.29 is 13.9 Å². The maximum Gasteiger partial charge on any atom is 0.305 e. The highest BCUT2D eigenvalue weighted by Gasteiger charge is 2.06. The fourth-order valence-corrected chi connectivity index (χ4v) is 2.08. The molecule has 136 valence electrons. The van der Waals surface area contributed by atoms with E-state index in [1.807, 2.05) is 18.9 Å². The molecule has 0 bridgehead atoms. The van der Waals surface area contributed by atoms with Gasteiger partial charge in [-0.3, -0.25) is 9.79 Å². The maximum absolute atomic E-state index is 12.9. The number of methoxy groups -OCH3 is 1. The monoisotopic (exact) mass is 451 g/mol. The van der Waals surface area contributed by atoms with Crippen molar-refractivity contribution in [1.29, 1.82) is 0 Å². The van der Waals surface area contributed by atoms with E-state index in [0.717, 1.165) is 30.9 Å². The first kappa shape index (κ1) is 22.6. The van der Waals surface area contributed by atoms with Gasteiger partial charge in [0.15, 0.2) is 5.96 Å². The molecule has 1 N–H and O–H groups in total. The van der Waals surface area contributed by atoms with Crippen molar-refractivity contribution in [2.75, 3.05) is 27.2 Å². The number of esters is 1. The zero-order valence-corrected chi connectivity index (χ0v) is 16.9. The summed E-state index contributed by atoms with van der Waals surface area (Å²) in [6.45, 7) is 4.08. The summed E-state index contributed by atoms with van der Waals surface area (Å²) in [5, 5.41) is 3.24. The molecule has 24 heavy (non-hydrogen) atoms. The number of benzene rings is 1. The summed E-state index contributed by atoms with van der Waals surface area (Å²) in [7, 11) is 3.34. The third kappa shape index (κ3) is 9.05. The average Bonchev–Trinajstić information content (AvgIpc) is 2.55. The Morgan fingerprint density at radius 3 is 2.54 bits per heavy atom. The molecule has 5 nitrogen and oxygen atoms in total. The number of ether oxygens (including phenoxy) is 1. The van der Waals surface area contributed by atoms with Crippen LogP contribution in [0.3, 0.4) is 0 Å². The van der Waals surface area contributed by atoms with Crippen LogP contribution in [0.15, 0.2) is 29.3 Å². The molecule has 0 heterocycles. The molecule has 0 aliphatic rings. The normalized spacial score (nSPS) is 10.8. The van der Waals surface area contributed by atoms with E-state index in [1.165, 1.54) is 19.2 Å². The van der Waals surface area contributed by atoms with Crippen LogP contribution < -0.4 is 5.32 Å². The molecule has 1 rings (SSSR count). The Morgan fingerprint density at radius 1 is 1.29 bits per heavy atom. The van der Waals surface area contributed by atoms with Crippen molar-refractivity contribution in [2.24, 2.45) is 4.99 Å². The lowest BCUT2D eigenvalue weighted by Gasteiger charge is -2.22. The van der Waals surface area contributed by atoms with E-state index < -0.39 is 0 Å². The van der Waals surface area contributed by atoms with Crippen molar-refractivity contribution in [3.63, 3.8) is 0 Å². The number of nitrogens with one attached hydrogen (secondary N) is 1. The molecular formula is C17H27FIN3O2. The lowest BCUT2D eigenvalue weighted by Crippen LogP contribution is -2.38. The number of halogens is 2. The van der Waals surface area contributed by atoms with Gasteiger partial charge in [0.05, 0.1) is 7.11 Å². The van der Waals surface area contributed by atoms with Gasteiger partial charge in [-0.2, -0.15) is 0 Å². The first-order chi connectivity index (χ1) is 11.1. The third-order valence-corrected chi connectivity index (χ3v) is 3.31. The number of guanidine groups is 1. The molecule has 0 aliphatic carbocycles. The van der Waals surface area contributed by atoms with Crippen LogP contribution >= 0.6 is 24.0 Å². The zero-order valence-electron chi connectivity index (χ0n) is 14.5. The van der Waals surface area contributed by atoms with E-state index in [1.54, 1.807) is 12.1 Å². The second-order valence-corrected chi connectivity index (χ2v) is 5.25. The minimum atomic E-state index is -0.234. The fourth-order valence-electron chi connectivity index (χ4n) is 2.08. The molecule has 0 saturated heterocycles. The first-order valence-corrected chi connectivity index (χ1v) is 7.87. The lowest BCUT2D eigenvalue weighted by molar-refractivity contribution is -0.140. The molecule has 0 saturated carbocycles. The predicted octanol–water partition coefficient (Wildman–Crippen LogP) is 3.18. The molecule has 0 amide bonds. The van der Waals surface area contributed by atoms with Gasteiger partial charge < -0.3 is 15.0 Å². The summed E-state index contributed by atoms with van der Waals surface area (Å²) >= 11 is 0. The van der Waals surface area contributed by atoms with Crippen LogP contribution in [0.4, 0.5) is 4.39 Å². The third-order valence-electron chi connectivity index (χ3n) is 3.31. The highest BCUT2D eigenvalue weighted by Crippen LogP contribution is 2.06. The van der Waals surface area contributed by atoms with Gasteiger partial charge in [0.25, 0.3) is 0 Å². The topological polar surface area (TPSA) is 53.9 Å². The van der Waals surface area contributed by atoms with Crippen LogP contribution in [0, 0.1) is 5.82 Å². The number of rotatable bonds is 8. The van der Waals surface area contributed by atoms with E-state index in [-0.39, 0.29) is 35.8 Å². The van der Waals surface area contributed by atoms with Crippen molar-refractivity contribution in [3.8, 4) is 0 Å². The Hall–Kier alpha value is -1.38. The number of carbonyl (C=O) groups is 1. The van der Waals surface area contributed by atoms with Gasteiger partial charge in [-0.05, 0) is 37.5 Å². The van der Waals surface area contributed by atoms with E-state index in [9.17, 15) is 9.18 Å². The van der Waals surface area contributed by atoms with Gasteiger partial charge in [0.2, 0.25) is 0 Å². The van der Waals surface area contributed by atoms with Crippen LogP contribution in [-0.4, -0.2) is 44.1 Å². The van der Waals surface area contributed by atoms with Crippen molar-refractivity contribution >= 4 is 35.9 Å². The van der Waals surface area contributed by atoms with Gasteiger partial charge in [-0.25, -0.2) is 4.39 Å². The quantitative estimate of drug-likeness (QED) is 0.217. The SMILES string of the molecule is CCNC(=NCCCCC(=O)OC)N(C)Cc1ccc(F)cc1.I. The maximum atomic E-state index is 12.9. The molecule has 1 aromatic rings. The molecule has 1 aromatic carbocycles. The van der Waals surface area contributed by atoms with Crippen molar-refractivity contribution in [3.05, 3.63) is 35.6 Å². The number of carbonyl (C=O) groups excluding carboxylic acids is 1.